The van der Waals surface area contributed by atoms with Crippen molar-refractivity contribution in [3.63, 3.8) is 0 Å². The van der Waals surface area contributed by atoms with Crippen molar-refractivity contribution >= 4 is 0 Å². The van der Waals surface area contributed by atoms with E-state index in [4.69, 9.17) is 0 Å². The van der Waals surface area contributed by atoms with Gasteiger partial charge in [-0.25, -0.2) is 0 Å². The number of aliphatic hydroxyl groups is 1. The van der Waals surface area contributed by atoms with Gasteiger partial charge in [-0.3, -0.25) is 4.98 Å². The summed E-state index contributed by atoms with van der Waals surface area (Å²) in [5, 5.41) is 11.8. The predicted molar refractivity (Wildman–Crippen MR) is 90.5 cm³/mol. The second-order valence-electron chi connectivity index (χ2n) is 8.36. The van der Waals surface area contributed by atoms with Gasteiger partial charge in [-0.15, -0.1) is 0 Å². The van der Waals surface area contributed by atoms with Crippen molar-refractivity contribution < 1.29 is 5.11 Å². The summed E-state index contributed by atoms with van der Waals surface area (Å²) in [6.07, 6.45) is 8.44. The van der Waals surface area contributed by atoms with Crippen molar-refractivity contribution in [3.05, 3.63) is 30.1 Å². The highest BCUT2D eigenvalue weighted by molar-refractivity contribution is 5.23. The number of nitrogens with zero attached hydrogens (tertiary/aromatic N) is 1. The Morgan fingerprint density at radius 1 is 1.27 bits per heavy atom. The quantitative estimate of drug-likeness (QED) is 0.861. The maximum absolute atomic E-state index is 11.8. The van der Waals surface area contributed by atoms with Crippen LogP contribution in [0.2, 0.25) is 0 Å². The van der Waals surface area contributed by atoms with E-state index in [2.05, 4.69) is 44.8 Å². The second-order valence-corrected chi connectivity index (χ2v) is 8.36. The molecule has 0 radical (unpaired) electrons. The minimum atomic E-state index is -0.535. The number of hydrogen-bond acceptors (Lipinski definition) is 2. The fourth-order valence-corrected chi connectivity index (χ4v) is 5.72. The Hall–Kier alpha value is -0.890. The lowest BCUT2D eigenvalue weighted by Gasteiger charge is -2.48. The molecule has 2 saturated carbocycles. The summed E-state index contributed by atoms with van der Waals surface area (Å²) in [5.74, 6) is 0.962. The fraction of sp³-hybridized carbons (Fsp3) is 0.750. The van der Waals surface area contributed by atoms with Crippen LogP contribution in [0, 0.1) is 22.7 Å². The minimum absolute atomic E-state index is 0.0410. The third-order valence-corrected chi connectivity index (χ3v) is 7.43. The van der Waals surface area contributed by atoms with Crippen LogP contribution in [-0.2, 0) is 6.42 Å². The van der Waals surface area contributed by atoms with Crippen LogP contribution in [0.4, 0.5) is 0 Å². The molecular weight excluding hydrogens is 270 g/mol. The van der Waals surface area contributed by atoms with Crippen molar-refractivity contribution in [2.24, 2.45) is 22.7 Å². The topological polar surface area (TPSA) is 33.1 Å². The number of pyridine rings is 1. The number of fused-ring (bicyclic) bond motifs is 2. The molecule has 1 N–H and O–H groups in total. The van der Waals surface area contributed by atoms with Gasteiger partial charge in [0.2, 0.25) is 0 Å². The number of unbranched alkanes of at least 4 members (excludes halogenated alkanes) is 1. The molecule has 1 heterocycles. The van der Waals surface area contributed by atoms with Gasteiger partial charge in [0.15, 0.2) is 0 Å². The Morgan fingerprint density at radius 3 is 2.68 bits per heavy atom. The first-order chi connectivity index (χ1) is 10.4. The Balaban J connectivity index is 1.96. The monoisotopic (exact) mass is 301 g/mol. The maximum Gasteiger partial charge on any atom is 0.0740 e. The average molecular weight is 301 g/mol. The summed E-state index contributed by atoms with van der Waals surface area (Å²) >= 11 is 0. The number of rotatable bonds is 5. The average Bonchev–Trinajstić information content (AvgIpc) is 2.80. The summed E-state index contributed by atoms with van der Waals surface area (Å²) < 4.78 is 0. The van der Waals surface area contributed by atoms with Crippen molar-refractivity contribution in [1.82, 2.24) is 4.98 Å². The molecule has 2 aliphatic carbocycles. The van der Waals surface area contributed by atoms with Gasteiger partial charge < -0.3 is 5.11 Å². The summed E-state index contributed by atoms with van der Waals surface area (Å²) in [7, 11) is 0. The fourth-order valence-electron chi connectivity index (χ4n) is 5.72. The summed E-state index contributed by atoms with van der Waals surface area (Å²) in [4.78, 5) is 4.53. The first kappa shape index (κ1) is 16.0. The van der Waals surface area contributed by atoms with Crippen LogP contribution in [0.3, 0.4) is 0 Å². The third kappa shape index (κ3) is 1.99. The molecule has 2 heteroatoms. The minimum Gasteiger partial charge on any atom is -0.389 e. The molecule has 2 aliphatic rings. The van der Waals surface area contributed by atoms with E-state index in [0.717, 1.165) is 31.4 Å². The van der Waals surface area contributed by atoms with Crippen molar-refractivity contribution in [2.45, 2.75) is 71.8 Å². The Morgan fingerprint density at radius 2 is 2.05 bits per heavy atom. The van der Waals surface area contributed by atoms with Gasteiger partial charge >= 0.3 is 0 Å². The van der Waals surface area contributed by atoms with Crippen LogP contribution in [-0.4, -0.2) is 15.7 Å². The molecule has 2 fully saturated rings. The second kappa shape index (κ2) is 5.33. The normalized spacial score (nSPS) is 39.3. The van der Waals surface area contributed by atoms with Gasteiger partial charge in [-0.2, -0.15) is 0 Å². The predicted octanol–water partition coefficient (Wildman–Crippen LogP) is 4.62. The molecule has 0 spiro atoms. The van der Waals surface area contributed by atoms with E-state index in [9.17, 15) is 5.11 Å². The molecule has 0 aromatic carbocycles. The Labute approximate surface area is 135 Å². The lowest BCUT2D eigenvalue weighted by Crippen LogP contribution is -2.51. The van der Waals surface area contributed by atoms with Crippen LogP contribution in [0.5, 0.6) is 0 Å². The first-order valence-corrected chi connectivity index (χ1v) is 8.99. The van der Waals surface area contributed by atoms with E-state index in [1.807, 2.05) is 12.3 Å². The maximum atomic E-state index is 11.8. The molecule has 1 aromatic heterocycles. The highest BCUT2D eigenvalue weighted by Gasteiger charge is 2.72. The molecule has 0 amide bonds. The molecule has 0 aliphatic heterocycles. The molecule has 22 heavy (non-hydrogen) atoms. The zero-order chi connectivity index (χ0) is 16.0. The zero-order valence-corrected chi connectivity index (χ0v) is 14.6. The number of aromatic nitrogens is 1. The SMILES string of the molecule is CCCCC1(O)C(Cc2ccccn2)[C@H]2CC[C@]1(C)C2(C)C. The van der Waals surface area contributed by atoms with E-state index in [1.165, 1.54) is 12.8 Å². The van der Waals surface area contributed by atoms with Gasteiger partial charge in [0.25, 0.3) is 0 Å². The summed E-state index contributed by atoms with van der Waals surface area (Å²) in [6, 6.07) is 6.15. The molecule has 2 nitrogen and oxygen atoms in total. The van der Waals surface area contributed by atoms with E-state index in [1.54, 1.807) is 0 Å². The van der Waals surface area contributed by atoms with E-state index < -0.39 is 5.60 Å². The number of hydrogen-bond donors (Lipinski definition) is 1. The first-order valence-electron chi connectivity index (χ1n) is 8.99. The molecule has 2 bridgehead atoms. The smallest absolute Gasteiger partial charge is 0.0740 e. The van der Waals surface area contributed by atoms with Crippen LogP contribution < -0.4 is 0 Å². The lowest BCUT2D eigenvalue weighted by atomic mass is 9.61. The molecule has 1 aromatic rings. The Bertz CT molecular complexity index is 526. The molecule has 2 unspecified atom stereocenters. The van der Waals surface area contributed by atoms with Gasteiger partial charge in [0, 0.05) is 17.3 Å². The van der Waals surface area contributed by atoms with Crippen LogP contribution in [0.15, 0.2) is 24.4 Å². The Kier molecular flexibility index (Phi) is 3.87. The van der Waals surface area contributed by atoms with Crippen LogP contribution in [0.25, 0.3) is 0 Å². The van der Waals surface area contributed by atoms with Gasteiger partial charge in [0.1, 0.15) is 0 Å². The van der Waals surface area contributed by atoms with Gasteiger partial charge in [-0.1, -0.05) is 46.6 Å². The van der Waals surface area contributed by atoms with Crippen molar-refractivity contribution in [1.29, 1.82) is 0 Å². The van der Waals surface area contributed by atoms with Crippen LogP contribution in [0.1, 0.15) is 65.5 Å². The third-order valence-electron chi connectivity index (χ3n) is 7.43. The lowest BCUT2D eigenvalue weighted by molar-refractivity contribution is -0.124. The highest BCUT2D eigenvalue weighted by Crippen LogP contribution is 2.73. The molecule has 0 saturated heterocycles. The van der Waals surface area contributed by atoms with E-state index in [-0.39, 0.29) is 10.8 Å². The summed E-state index contributed by atoms with van der Waals surface area (Å²) in [5.41, 5.74) is 0.857. The van der Waals surface area contributed by atoms with Crippen molar-refractivity contribution in [2.75, 3.05) is 0 Å². The molecule has 4 atom stereocenters. The molecular formula is C20H31NO. The molecule has 122 valence electrons. The molecule has 3 rings (SSSR count). The highest BCUT2D eigenvalue weighted by atomic mass is 16.3. The van der Waals surface area contributed by atoms with E-state index in [0.29, 0.717) is 11.8 Å². The van der Waals surface area contributed by atoms with E-state index >= 15 is 0 Å². The summed E-state index contributed by atoms with van der Waals surface area (Å²) in [6.45, 7) is 9.35. The largest absolute Gasteiger partial charge is 0.389 e. The van der Waals surface area contributed by atoms with Crippen molar-refractivity contribution in [3.8, 4) is 0 Å². The van der Waals surface area contributed by atoms with Gasteiger partial charge in [0.05, 0.1) is 5.60 Å². The van der Waals surface area contributed by atoms with Crippen LogP contribution >= 0.6 is 0 Å². The van der Waals surface area contributed by atoms with Gasteiger partial charge in [-0.05, 0) is 55.1 Å². The zero-order valence-electron chi connectivity index (χ0n) is 14.6. The standard InChI is InChI=1S/C20H31NO/c1-5-6-11-20(22)17(14-15-9-7-8-13-21-15)16-10-12-19(20,4)18(16,2)3/h7-9,13,16-17,22H,5-6,10-12,14H2,1-4H3/t16-,17?,19-,20?/m1/s1.